The Kier molecular flexibility index (Phi) is 3.81. The maximum absolute atomic E-state index is 12.2. The summed E-state index contributed by atoms with van der Waals surface area (Å²) in [6.45, 7) is 4.85. The van der Waals surface area contributed by atoms with Gasteiger partial charge >= 0.3 is 0 Å². The zero-order chi connectivity index (χ0) is 13.2. The number of nitrogens with zero attached hydrogens (tertiary/aromatic N) is 2. The molecule has 0 radical (unpaired) electrons. The number of likely N-dealkylation sites (tertiary alicyclic amines) is 1. The van der Waals surface area contributed by atoms with Crippen molar-refractivity contribution in [2.45, 2.75) is 26.1 Å². The Morgan fingerprint density at radius 2 is 2.05 bits per heavy atom. The van der Waals surface area contributed by atoms with Crippen LogP contribution in [-0.2, 0) is 9.47 Å². The van der Waals surface area contributed by atoms with Crippen molar-refractivity contribution in [1.29, 1.82) is 0 Å². The maximum Gasteiger partial charge on any atom is 0.273 e. The van der Waals surface area contributed by atoms with Crippen molar-refractivity contribution < 1.29 is 14.3 Å². The van der Waals surface area contributed by atoms with E-state index in [0.717, 1.165) is 30.9 Å². The van der Waals surface area contributed by atoms with Gasteiger partial charge in [0.2, 0.25) is 0 Å². The van der Waals surface area contributed by atoms with E-state index in [0.29, 0.717) is 24.8 Å². The number of hydrogen-bond acceptors (Lipinski definition) is 5. The van der Waals surface area contributed by atoms with E-state index in [4.69, 9.17) is 9.47 Å². The predicted molar refractivity (Wildman–Crippen MR) is 71.2 cm³/mol. The monoisotopic (exact) mass is 282 g/mol. The summed E-state index contributed by atoms with van der Waals surface area (Å²) in [5, 5.41) is 2.78. The van der Waals surface area contributed by atoms with Crippen LogP contribution in [0.2, 0.25) is 0 Å². The highest BCUT2D eigenvalue weighted by Crippen LogP contribution is 2.26. The summed E-state index contributed by atoms with van der Waals surface area (Å²) in [7, 11) is 0. The minimum absolute atomic E-state index is 0.0519. The van der Waals surface area contributed by atoms with Gasteiger partial charge in [-0.05, 0) is 19.8 Å². The van der Waals surface area contributed by atoms with Gasteiger partial charge in [0.15, 0.2) is 6.29 Å². The first-order valence-electron chi connectivity index (χ1n) is 6.68. The van der Waals surface area contributed by atoms with E-state index >= 15 is 0 Å². The highest BCUT2D eigenvalue weighted by molar-refractivity contribution is 7.09. The van der Waals surface area contributed by atoms with E-state index in [1.54, 1.807) is 0 Å². The smallest absolute Gasteiger partial charge is 0.273 e. The molecule has 19 heavy (non-hydrogen) atoms. The topological polar surface area (TPSA) is 51.7 Å². The summed E-state index contributed by atoms with van der Waals surface area (Å²) in [6.07, 6.45) is 1.83. The molecule has 1 amide bonds. The van der Waals surface area contributed by atoms with Gasteiger partial charge in [-0.25, -0.2) is 4.98 Å². The van der Waals surface area contributed by atoms with Crippen molar-refractivity contribution in [3.63, 3.8) is 0 Å². The molecule has 2 fully saturated rings. The van der Waals surface area contributed by atoms with E-state index in [2.05, 4.69) is 4.98 Å². The van der Waals surface area contributed by atoms with Crippen LogP contribution in [0.1, 0.15) is 28.3 Å². The summed E-state index contributed by atoms with van der Waals surface area (Å²) >= 11 is 1.52. The van der Waals surface area contributed by atoms with Crippen molar-refractivity contribution in [1.82, 2.24) is 9.88 Å². The number of amides is 1. The minimum Gasteiger partial charge on any atom is -0.350 e. The third-order valence-electron chi connectivity index (χ3n) is 3.70. The van der Waals surface area contributed by atoms with Crippen LogP contribution in [-0.4, -0.2) is 48.4 Å². The fourth-order valence-electron chi connectivity index (χ4n) is 2.65. The molecule has 0 saturated carbocycles. The second-order valence-electron chi connectivity index (χ2n) is 4.99. The molecule has 0 N–H and O–H groups in total. The quantitative estimate of drug-likeness (QED) is 0.828. The Morgan fingerprint density at radius 3 is 2.63 bits per heavy atom. The zero-order valence-electron chi connectivity index (χ0n) is 11.0. The number of ether oxygens (including phenoxy) is 2. The highest BCUT2D eigenvalue weighted by atomic mass is 32.1. The number of carbonyl (C=O) groups is 1. The summed E-state index contributed by atoms with van der Waals surface area (Å²) in [4.78, 5) is 18.4. The number of carbonyl (C=O) groups excluding carboxylic acids is 1. The number of hydrogen-bond donors (Lipinski definition) is 0. The molecule has 2 aliphatic heterocycles. The molecule has 0 aliphatic carbocycles. The SMILES string of the molecule is Cc1nc(C(=O)N2CCC(C3OCCO3)CC2)cs1. The molecule has 104 valence electrons. The average molecular weight is 282 g/mol. The van der Waals surface area contributed by atoms with Crippen LogP contribution in [0.3, 0.4) is 0 Å². The van der Waals surface area contributed by atoms with Crippen molar-refractivity contribution in [3.8, 4) is 0 Å². The second-order valence-corrected chi connectivity index (χ2v) is 6.05. The molecule has 1 aromatic rings. The first-order chi connectivity index (χ1) is 9.24. The number of aryl methyl sites for hydroxylation is 1. The fraction of sp³-hybridized carbons (Fsp3) is 0.692. The van der Waals surface area contributed by atoms with Crippen LogP contribution in [0.4, 0.5) is 0 Å². The molecule has 5 nitrogen and oxygen atoms in total. The van der Waals surface area contributed by atoms with Gasteiger partial charge in [-0.3, -0.25) is 4.79 Å². The Morgan fingerprint density at radius 1 is 1.37 bits per heavy atom. The van der Waals surface area contributed by atoms with Crippen LogP contribution < -0.4 is 0 Å². The summed E-state index contributed by atoms with van der Waals surface area (Å²) in [6, 6.07) is 0. The summed E-state index contributed by atoms with van der Waals surface area (Å²) in [5.74, 6) is 0.472. The van der Waals surface area contributed by atoms with Gasteiger partial charge in [0.25, 0.3) is 5.91 Å². The number of piperidine rings is 1. The van der Waals surface area contributed by atoms with Crippen LogP contribution in [0.25, 0.3) is 0 Å². The van der Waals surface area contributed by atoms with E-state index in [1.807, 2.05) is 17.2 Å². The summed E-state index contributed by atoms with van der Waals surface area (Å²) in [5.41, 5.74) is 0.578. The van der Waals surface area contributed by atoms with Crippen molar-refractivity contribution in [2.75, 3.05) is 26.3 Å². The van der Waals surface area contributed by atoms with Crippen LogP contribution in [0.5, 0.6) is 0 Å². The molecule has 6 heteroatoms. The van der Waals surface area contributed by atoms with Crippen LogP contribution in [0.15, 0.2) is 5.38 Å². The minimum atomic E-state index is -0.0567. The lowest BCUT2D eigenvalue weighted by molar-refractivity contribution is -0.0956. The second kappa shape index (κ2) is 5.56. The van der Waals surface area contributed by atoms with Gasteiger partial charge in [-0.15, -0.1) is 11.3 Å². The van der Waals surface area contributed by atoms with E-state index in [1.165, 1.54) is 11.3 Å². The van der Waals surface area contributed by atoms with Gasteiger partial charge in [0.05, 0.1) is 18.2 Å². The summed E-state index contributed by atoms with van der Waals surface area (Å²) < 4.78 is 11.1. The normalized spacial score (nSPS) is 22.1. The largest absolute Gasteiger partial charge is 0.350 e. The predicted octanol–water partition coefficient (Wildman–Crippen LogP) is 1.68. The molecule has 0 unspecified atom stereocenters. The molecular formula is C13H18N2O3S. The van der Waals surface area contributed by atoms with E-state index in [9.17, 15) is 4.79 Å². The molecule has 0 aromatic carbocycles. The molecule has 0 bridgehead atoms. The van der Waals surface area contributed by atoms with Crippen LogP contribution >= 0.6 is 11.3 Å². The van der Waals surface area contributed by atoms with Gasteiger partial charge < -0.3 is 14.4 Å². The molecule has 0 spiro atoms. The van der Waals surface area contributed by atoms with Gasteiger partial charge in [0.1, 0.15) is 5.69 Å². The number of aromatic nitrogens is 1. The standard InChI is InChI=1S/C13H18N2O3S/c1-9-14-11(8-19-9)12(16)15-4-2-10(3-5-15)13-17-6-7-18-13/h8,10,13H,2-7H2,1H3. The molecule has 1 aromatic heterocycles. The zero-order valence-corrected chi connectivity index (χ0v) is 11.8. The maximum atomic E-state index is 12.2. The van der Waals surface area contributed by atoms with E-state index in [-0.39, 0.29) is 12.2 Å². The Labute approximate surface area is 116 Å². The van der Waals surface area contributed by atoms with Gasteiger partial charge in [-0.2, -0.15) is 0 Å². The third kappa shape index (κ3) is 2.80. The number of rotatable bonds is 2. The Bertz CT molecular complexity index is 448. The van der Waals surface area contributed by atoms with Crippen molar-refractivity contribution in [3.05, 3.63) is 16.1 Å². The highest BCUT2D eigenvalue weighted by Gasteiger charge is 2.32. The Balaban J connectivity index is 1.56. The molecule has 2 aliphatic rings. The lowest BCUT2D eigenvalue weighted by atomic mass is 9.96. The van der Waals surface area contributed by atoms with E-state index < -0.39 is 0 Å². The molecular weight excluding hydrogens is 264 g/mol. The fourth-order valence-corrected chi connectivity index (χ4v) is 3.23. The lowest BCUT2D eigenvalue weighted by Gasteiger charge is -2.33. The molecule has 0 atom stereocenters. The van der Waals surface area contributed by atoms with Gasteiger partial charge in [0, 0.05) is 24.4 Å². The molecule has 2 saturated heterocycles. The first-order valence-corrected chi connectivity index (χ1v) is 7.56. The third-order valence-corrected chi connectivity index (χ3v) is 4.47. The molecule has 3 heterocycles. The van der Waals surface area contributed by atoms with Crippen molar-refractivity contribution >= 4 is 17.2 Å². The van der Waals surface area contributed by atoms with Crippen LogP contribution in [0, 0.1) is 12.8 Å². The Hall–Kier alpha value is -0.980. The molecule has 3 rings (SSSR count). The first kappa shape index (κ1) is 13.0. The average Bonchev–Trinajstić information content (AvgIpc) is 3.09. The number of thiazole rings is 1. The van der Waals surface area contributed by atoms with Gasteiger partial charge in [-0.1, -0.05) is 0 Å². The lowest BCUT2D eigenvalue weighted by Crippen LogP contribution is -2.41. The van der Waals surface area contributed by atoms with Crippen molar-refractivity contribution in [2.24, 2.45) is 5.92 Å².